The van der Waals surface area contributed by atoms with Crippen LogP contribution in [0.2, 0.25) is 0 Å². The molecular formula is C15H25N3O2. The van der Waals surface area contributed by atoms with Crippen molar-refractivity contribution in [1.29, 1.82) is 0 Å². The minimum absolute atomic E-state index is 0.202. The Kier molecular flexibility index (Phi) is 5.20. The maximum Gasteiger partial charge on any atom is 0.224 e. The molecule has 0 unspecified atom stereocenters. The van der Waals surface area contributed by atoms with Crippen molar-refractivity contribution in [1.82, 2.24) is 14.4 Å². The van der Waals surface area contributed by atoms with Crippen LogP contribution in [0.3, 0.4) is 0 Å². The molecule has 0 spiro atoms. The number of aliphatic hydroxyl groups excluding tert-OH is 1. The lowest BCUT2D eigenvalue weighted by molar-refractivity contribution is -0.133. The highest BCUT2D eigenvalue weighted by Crippen LogP contribution is 2.14. The number of β-amino-alcohol motifs (C(OH)–C–C–N with tert-alkyl or cyclic N) is 1. The highest BCUT2D eigenvalue weighted by molar-refractivity contribution is 5.76. The predicted octanol–water partition coefficient (Wildman–Crippen LogP) is 0.964. The van der Waals surface area contributed by atoms with Crippen LogP contribution in [0.4, 0.5) is 0 Å². The number of carbonyl (C=O) groups excluding carboxylic acids is 1. The Labute approximate surface area is 120 Å². The smallest absolute Gasteiger partial charge is 0.224 e. The summed E-state index contributed by atoms with van der Waals surface area (Å²) in [5, 5.41) is 9.38. The van der Waals surface area contributed by atoms with E-state index >= 15 is 0 Å². The third kappa shape index (κ3) is 4.08. The number of rotatable bonds is 5. The highest BCUT2D eigenvalue weighted by atomic mass is 16.3. The van der Waals surface area contributed by atoms with Gasteiger partial charge in [0.05, 0.1) is 6.10 Å². The van der Waals surface area contributed by atoms with Crippen molar-refractivity contribution in [2.45, 2.75) is 32.4 Å². The van der Waals surface area contributed by atoms with Gasteiger partial charge < -0.3 is 14.6 Å². The van der Waals surface area contributed by atoms with E-state index in [0.29, 0.717) is 13.0 Å². The lowest BCUT2D eigenvalue weighted by Crippen LogP contribution is -2.50. The van der Waals surface area contributed by atoms with Crippen LogP contribution in [0.15, 0.2) is 24.5 Å². The molecular weight excluding hydrogens is 254 g/mol. The first-order chi connectivity index (χ1) is 9.56. The summed E-state index contributed by atoms with van der Waals surface area (Å²) in [6.07, 6.45) is 4.24. The Morgan fingerprint density at radius 1 is 1.15 bits per heavy atom. The first-order valence-electron chi connectivity index (χ1n) is 7.37. The molecule has 5 heteroatoms. The maximum atomic E-state index is 12.3. The summed E-state index contributed by atoms with van der Waals surface area (Å²) < 4.78 is 2.07. The van der Waals surface area contributed by atoms with Crippen LogP contribution in [0, 0.1) is 0 Å². The first-order valence-corrected chi connectivity index (χ1v) is 7.37. The number of hydrogen-bond acceptors (Lipinski definition) is 3. The Morgan fingerprint density at radius 3 is 2.30 bits per heavy atom. The summed E-state index contributed by atoms with van der Waals surface area (Å²) in [6.45, 7) is 7.82. The zero-order valence-corrected chi connectivity index (χ0v) is 12.4. The summed E-state index contributed by atoms with van der Waals surface area (Å²) in [4.78, 5) is 16.4. The van der Waals surface area contributed by atoms with Gasteiger partial charge in [-0.3, -0.25) is 9.69 Å². The van der Waals surface area contributed by atoms with E-state index in [-0.39, 0.29) is 18.1 Å². The van der Waals surface area contributed by atoms with E-state index in [0.717, 1.165) is 26.2 Å². The summed E-state index contributed by atoms with van der Waals surface area (Å²) >= 11 is 0. The molecule has 1 aromatic heterocycles. The van der Waals surface area contributed by atoms with Gasteiger partial charge >= 0.3 is 0 Å². The van der Waals surface area contributed by atoms with Crippen molar-refractivity contribution >= 4 is 5.91 Å². The minimum Gasteiger partial charge on any atom is -0.392 e. The molecule has 1 aliphatic rings. The molecule has 2 heterocycles. The lowest BCUT2D eigenvalue weighted by Gasteiger charge is -2.35. The second kappa shape index (κ2) is 6.90. The van der Waals surface area contributed by atoms with Crippen LogP contribution in [-0.2, 0) is 4.79 Å². The van der Waals surface area contributed by atoms with Crippen molar-refractivity contribution in [2.24, 2.45) is 0 Å². The van der Waals surface area contributed by atoms with Crippen LogP contribution in [0.25, 0.3) is 0 Å². The zero-order chi connectivity index (χ0) is 14.5. The molecule has 1 fully saturated rings. The van der Waals surface area contributed by atoms with Gasteiger partial charge in [0, 0.05) is 57.6 Å². The molecule has 1 amide bonds. The number of piperazine rings is 1. The normalized spacial score (nSPS) is 19.9. The Balaban J connectivity index is 1.77. The molecule has 0 bridgehead atoms. The van der Waals surface area contributed by atoms with Gasteiger partial charge in [-0.1, -0.05) is 0 Å². The Morgan fingerprint density at radius 2 is 1.75 bits per heavy atom. The van der Waals surface area contributed by atoms with Gasteiger partial charge in [0.15, 0.2) is 0 Å². The number of nitrogens with zero attached hydrogens (tertiary/aromatic N) is 3. The fraction of sp³-hybridized carbons (Fsp3) is 0.667. The number of aromatic nitrogens is 1. The van der Waals surface area contributed by atoms with E-state index in [2.05, 4.69) is 16.4 Å². The van der Waals surface area contributed by atoms with Gasteiger partial charge in [0.2, 0.25) is 5.91 Å². The monoisotopic (exact) mass is 279 g/mol. The number of hydrogen-bond donors (Lipinski definition) is 1. The molecule has 2 atom stereocenters. The first kappa shape index (κ1) is 15.1. The van der Waals surface area contributed by atoms with Crippen molar-refractivity contribution in [3.8, 4) is 0 Å². The molecule has 0 aromatic carbocycles. The fourth-order valence-corrected chi connectivity index (χ4v) is 2.68. The van der Waals surface area contributed by atoms with Crippen LogP contribution in [0.5, 0.6) is 0 Å². The van der Waals surface area contributed by atoms with Crippen molar-refractivity contribution < 1.29 is 9.90 Å². The van der Waals surface area contributed by atoms with Crippen molar-refractivity contribution in [2.75, 3.05) is 32.7 Å². The molecule has 2 rings (SSSR count). The summed E-state index contributed by atoms with van der Waals surface area (Å²) in [6, 6.07) is 4.17. The SMILES string of the molecule is C[C@H](CC(=O)N1CCN(C[C@@H](C)O)CC1)n1cccc1. The Bertz CT molecular complexity index is 409. The van der Waals surface area contributed by atoms with E-state index in [1.54, 1.807) is 6.92 Å². The topological polar surface area (TPSA) is 48.7 Å². The molecule has 1 aromatic rings. The van der Waals surface area contributed by atoms with E-state index in [1.165, 1.54) is 0 Å². The van der Waals surface area contributed by atoms with E-state index in [1.807, 2.05) is 29.4 Å². The molecule has 20 heavy (non-hydrogen) atoms. The maximum absolute atomic E-state index is 12.3. The predicted molar refractivity (Wildman–Crippen MR) is 78.5 cm³/mol. The second-order valence-corrected chi connectivity index (χ2v) is 5.71. The summed E-state index contributed by atoms with van der Waals surface area (Å²) in [5.41, 5.74) is 0. The Hall–Kier alpha value is -1.33. The van der Waals surface area contributed by atoms with Gasteiger partial charge in [-0.15, -0.1) is 0 Å². The van der Waals surface area contributed by atoms with Crippen LogP contribution < -0.4 is 0 Å². The summed E-state index contributed by atoms with van der Waals surface area (Å²) in [5.74, 6) is 0.225. The van der Waals surface area contributed by atoms with Crippen molar-refractivity contribution in [3.63, 3.8) is 0 Å². The molecule has 112 valence electrons. The number of carbonyl (C=O) groups is 1. The molecule has 1 saturated heterocycles. The van der Waals surface area contributed by atoms with E-state index < -0.39 is 0 Å². The van der Waals surface area contributed by atoms with Crippen LogP contribution in [-0.4, -0.2) is 64.2 Å². The highest BCUT2D eigenvalue weighted by Gasteiger charge is 2.22. The molecule has 5 nitrogen and oxygen atoms in total. The summed E-state index contributed by atoms with van der Waals surface area (Å²) in [7, 11) is 0. The largest absolute Gasteiger partial charge is 0.392 e. The molecule has 1 aliphatic heterocycles. The molecule has 0 aliphatic carbocycles. The van der Waals surface area contributed by atoms with Crippen LogP contribution >= 0.6 is 0 Å². The molecule has 0 radical (unpaired) electrons. The van der Waals surface area contributed by atoms with E-state index in [9.17, 15) is 9.90 Å². The lowest BCUT2D eigenvalue weighted by atomic mass is 10.2. The molecule has 1 N–H and O–H groups in total. The van der Waals surface area contributed by atoms with Gasteiger partial charge in [0.1, 0.15) is 0 Å². The number of aliphatic hydroxyl groups is 1. The van der Waals surface area contributed by atoms with Crippen LogP contribution in [0.1, 0.15) is 26.3 Å². The minimum atomic E-state index is -0.300. The zero-order valence-electron chi connectivity index (χ0n) is 12.4. The second-order valence-electron chi connectivity index (χ2n) is 5.71. The van der Waals surface area contributed by atoms with Gasteiger partial charge in [0.25, 0.3) is 0 Å². The third-order valence-corrected chi connectivity index (χ3v) is 3.85. The third-order valence-electron chi connectivity index (χ3n) is 3.85. The standard InChI is InChI=1S/C15H25N3O2/c1-13(17-5-3-4-6-17)11-15(20)18-9-7-16(8-10-18)12-14(2)19/h3-6,13-14,19H,7-12H2,1-2H3/t13-,14-/m1/s1. The number of amides is 1. The van der Waals surface area contributed by atoms with E-state index in [4.69, 9.17) is 0 Å². The van der Waals surface area contributed by atoms with Gasteiger partial charge in [-0.25, -0.2) is 0 Å². The average molecular weight is 279 g/mol. The van der Waals surface area contributed by atoms with Gasteiger partial charge in [-0.2, -0.15) is 0 Å². The van der Waals surface area contributed by atoms with Crippen molar-refractivity contribution in [3.05, 3.63) is 24.5 Å². The quantitative estimate of drug-likeness (QED) is 0.873. The fourth-order valence-electron chi connectivity index (χ4n) is 2.68. The molecule has 0 saturated carbocycles. The van der Waals surface area contributed by atoms with Gasteiger partial charge in [-0.05, 0) is 26.0 Å². The average Bonchev–Trinajstić information content (AvgIpc) is 2.92.